The summed E-state index contributed by atoms with van der Waals surface area (Å²) in [6.07, 6.45) is 1.33. The van der Waals surface area contributed by atoms with Crippen LogP contribution in [-0.2, 0) is 32.2 Å². The van der Waals surface area contributed by atoms with Crippen LogP contribution in [0.4, 0.5) is 10.5 Å². The summed E-state index contributed by atoms with van der Waals surface area (Å²) in [5.41, 5.74) is 5.67. The van der Waals surface area contributed by atoms with E-state index in [0.29, 0.717) is 11.3 Å². The molecule has 3 amide bonds. The van der Waals surface area contributed by atoms with E-state index in [1.54, 1.807) is 12.1 Å². The lowest BCUT2D eigenvalue weighted by Gasteiger charge is -2.25. The van der Waals surface area contributed by atoms with Gasteiger partial charge >= 0.3 is 6.09 Å². The maximum absolute atomic E-state index is 12.8. The maximum Gasteiger partial charge on any atom is 0.417 e. The number of anilines is 1. The number of nitrogens with one attached hydrogen (secondary N) is 2. The number of rotatable bonds is 5. The van der Waals surface area contributed by atoms with E-state index in [2.05, 4.69) is 21.3 Å². The van der Waals surface area contributed by atoms with Crippen LogP contribution in [0.15, 0.2) is 30.5 Å². The number of ether oxygens (including phenoxy) is 2. The average molecular weight is 436 g/mol. The molecule has 0 bridgehead atoms. The molecule has 2 N–H and O–H groups in total. The number of hydrogen-bond donors (Lipinski definition) is 2. The monoisotopic (exact) mass is 436 g/mol. The Morgan fingerprint density at radius 2 is 1.88 bits per heavy atom. The summed E-state index contributed by atoms with van der Waals surface area (Å²) in [7, 11) is 0. The summed E-state index contributed by atoms with van der Waals surface area (Å²) < 4.78 is 10.2. The minimum atomic E-state index is -0.643. The number of allylic oxidation sites excluding steroid dienone is 1. The topological polar surface area (TPSA) is 104 Å². The number of cyclic esters (lactones) is 1. The van der Waals surface area contributed by atoms with Crippen molar-refractivity contribution in [1.29, 1.82) is 0 Å². The molecule has 166 valence electrons. The fourth-order valence-electron chi connectivity index (χ4n) is 4.30. The molecule has 0 saturated carbocycles. The predicted molar refractivity (Wildman–Crippen MR) is 116 cm³/mol. The van der Waals surface area contributed by atoms with Crippen molar-refractivity contribution in [2.75, 3.05) is 38.2 Å². The molecular formula is C23H24N4O5. The number of nitrogens with zero attached hydrogens (tertiary/aromatic N) is 2. The Kier molecular flexibility index (Phi) is 5.28. The lowest BCUT2D eigenvalue weighted by Crippen LogP contribution is -2.35. The largest absolute Gasteiger partial charge is 0.439 e. The van der Waals surface area contributed by atoms with Gasteiger partial charge < -0.3 is 19.8 Å². The third-order valence-electron chi connectivity index (χ3n) is 6.04. The number of imide groups is 1. The van der Waals surface area contributed by atoms with E-state index in [-0.39, 0.29) is 25.0 Å². The van der Waals surface area contributed by atoms with Gasteiger partial charge in [0, 0.05) is 42.8 Å². The number of H-pyrrole nitrogens is 1. The Morgan fingerprint density at radius 3 is 2.62 bits per heavy atom. The summed E-state index contributed by atoms with van der Waals surface area (Å²) in [4.78, 5) is 43.1. The van der Waals surface area contributed by atoms with Crippen LogP contribution in [0.2, 0.25) is 0 Å². The first-order valence-corrected chi connectivity index (χ1v) is 10.6. The number of fused-ring (bicyclic) bond motifs is 1. The van der Waals surface area contributed by atoms with Crippen molar-refractivity contribution >= 4 is 34.7 Å². The zero-order valence-electron chi connectivity index (χ0n) is 17.8. The molecule has 2 saturated heterocycles. The molecule has 5 rings (SSSR count). The highest BCUT2D eigenvalue weighted by molar-refractivity contribution is 6.36. The first-order chi connectivity index (χ1) is 15.5. The van der Waals surface area contributed by atoms with Crippen LogP contribution >= 0.6 is 0 Å². The first-order valence-electron chi connectivity index (χ1n) is 10.6. The summed E-state index contributed by atoms with van der Waals surface area (Å²) in [5.74, 6) is -0.536. The van der Waals surface area contributed by atoms with Crippen LogP contribution in [0.5, 0.6) is 0 Å². The highest BCUT2D eigenvalue weighted by Crippen LogP contribution is 2.37. The van der Waals surface area contributed by atoms with Crippen molar-refractivity contribution in [1.82, 2.24) is 14.8 Å². The van der Waals surface area contributed by atoms with E-state index in [1.807, 2.05) is 19.2 Å². The van der Waals surface area contributed by atoms with E-state index >= 15 is 0 Å². The van der Waals surface area contributed by atoms with Gasteiger partial charge in [0.25, 0.3) is 11.8 Å². The molecule has 9 heteroatoms. The first kappa shape index (κ1) is 20.5. The van der Waals surface area contributed by atoms with Crippen LogP contribution in [0.1, 0.15) is 29.3 Å². The molecule has 2 aromatic rings. The standard InChI is InChI=1S/C23H24N4O5/c1-14(19-9-16(10-24-19)11-26-4-6-31-7-5-26)21-17-8-15(2-3-18(17)25-22(21)29)12-27-20(28)13-32-23(27)30/h2-3,8-10,24H,4-7,11-13H2,1H3,(H,25,29)/b21-14+. The molecule has 0 unspecified atom stereocenters. The molecule has 32 heavy (non-hydrogen) atoms. The second kappa shape index (κ2) is 8.25. The normalized spacial score (nSPS) is 20.4. The Balaban J connectivity index is 1.41. The van der Waals surface area contributed by atoms with Gasteiger partial charge in [0.15, 0.2) is 6.61 Å². The number of aromatic nitrogens is 1. The smallest absolute Gasteiger partial charge is 0.417 e. The molecule has 4 heterocycles. The second-order valence-corrected chi connectivity index (χ2v) is 8.18. The van der Waals surface area contributed by atoms with E-state index in [4.69, 9.17) is 9.47 Å². The minimum Gasteiger partial charge on any atom is -0.439 e. The minimum absolute atomic E-state index is 0.109. The summed E-state index contributed by atoms with van der Waals surface area (Å²) in [5, 5.41) is 2.90. The van der Waals surface area contributed by atoms with Crippen molar-refractivity contribution in [3.8, 4) is 0 Å². The van der Waals surface area contributed by atoms with Crippen molar-refractivity contribution in [3.63, 3.8) is 0 Å². The van der Waals surface area contributed by atoms with Gasteiger partial charge in [-0.25, -0.2) is 9.69 Å². The fraction of sp³-hybridized carbons (Fsp3) is 0.348. The van der Waals surface area contributed by atoms with Gasteiger partial charge in [-0.2, -0.15) is 0 Å². The molecule has 1 aromatic heterocycles. The molecule has 3 aliphatic heterocycles. The number of benzene rings is 1. The van der Waals surface area contributed by atoms with Crippen LogP contribution in [0, 0.1) is 0 Å². The summed E-state index contributed by atoms with van der Waals surface area (Å²) in [6, 6.07) is 7.52. The number of morpholine rings is 1. The predicted octanol–water partition coefficient (Wildman–Crippen LogP) is 2.21. The summed E-state index contributed by atoms with van der Waals surface area (Å²) in [6.45, 7) is 5.95. The Labute approximate surface area is 185 Å². The highest BCUT2D eigenvalue weighted by atomic mass is 16.6. The number of amides is 3. The molecule has 3 aliphatic rings. The molecular weight excluding hydrogens is 412 g/mol. The van der Waals surface area contributed by atoms with Gasteiger partial charge in [-0.3, -0.25) is 14.5 Å². The lowest BCUT2D eigenvalue weighted by molar-refractivity contribution is -0.126. The summed E-state index contributed by atoms with van der Waals surface area (Å²) >= 11 is 0. The highest BCUT2D eigenvalue weighted by Gasteiger charge is 2.32. The third-order valence-corrected chi connectivity index (χ3v) is 6.04. The zero-order chi connectivity index (χ0) is 22.2. The van der Waals surface area contributed by atoms with Gasteiger partial charge in [-0.15, -0.1) is 0 Å². The zero-order valence-corrected chi connectivity index (χ0v) is 17.8. The number of carbonyl (C=O) groups is 3. The van der Waals surface area contributed by atoms with Crippen molar-refractivity contribution < 1.29 is 23.9 Å². The van der Waals surface area contributed by atoms with E-state index < -0.39 is 6.09 Å². The molecule has 2 fully saturated rings. The van der Waals surface area contributed by atoms with Gasteiger partial charge in [-0.1, -0.05) is 6.07 Å². The van der Waals surface area contributed by atoms with Gasteiger partial charge in [0.05, 0.1) is 25.3 Å². The Morgan fingerprint density at radius 1 is 1.06 bits per heavy atom. The van der Waals surface area contributed by atoms with Crippen LogP contribution < -0.4 is 5.32 Å². The second-order valence-electron chi connectivity index (χ2n) is 8.18. The molecule has 0 atom stereocenters. The number of hydrogen-bond acceptors (Lipinski definition) is 6. The average Bonchev–Trinajstić information content (AvgIpc) is 3.47. The SMILES string of the molecule is C/C(=C1\C(=O)Nc2ccc(CN3C(=O)COC3=O)cc21)c1cc(CN2CCOCC2)c[nH]1. The van der Waals surface area contributed by atoms with E-state index in [0.717, 1.165) is 65.7 Å². The van der Waals surface area contributed by atoms with Crippen LogP contribution in [0.3, 0.4) is 0 Å². The fourth-order valence-corrected chi connectivity index (χ4v) is 4.30. The van der Waals surface area contributed by atoms with Gasteiger partial charge in [0.2, 0.25) is 0 Å². The molecule has 0 spiro atoms. The third kappa shape index (κ3) is 3.80. The molecule has 1 aromatic carbocycles. The van der Waals surface area contributed by atoms with Crippen LogP contribution in [-0.4, -0.2) is 65.6 Å². The maximum atomic E-state index is 12.8. The van der Waals surface area contributed by atoms with Crippen LogP contribution in [0.25, 0.3) is 11.1 Å². The molecule has 9 nitrogen and oxygen atoms in total. The quantitative estimate of drug-likeness (QED) is 0.697. The van der Waals surface area contributed by atoms with Crippen molar-refractivity contribution in [2.45, 2.75) is 20.0 Å². The van der Waals surface area contributed by atoms with Gasteiger partial charge in [-0.05, 0) is 41.8 Å². The van der Waals surface area contributed by atoms with Crippen molar-refractivity contribution in [2.24, 2.45) is 0 Å². The Hall–Kier alpha value is -3.43. The number of aromatic amines is 1. The molecule has 0 aliphatic carbocycles. The van der Waals surface area contributed by atoms with E-state index in [9.17, 15) is 14.4 Å². The van der Waals surface area contributed by atoms with Gasteiger partial charge in [0.1, 0.15) is 0 Å². The lowest BCUT2D eigenvalue weighted by atomic mass is 9.98. The van der Waals surface area contributed by atoms with Crippen molar-refractivity contribution in [3.05, 3.63) is 52.8 Å². The molecule has 0 radical (unpaired) electrons. The Bertz CT molecular complexity index is 1110. The number of carbonyl (C=O) groups excluding carboxylic acids is 3. The van der Waals surface area contributed by atoms with E-state index in [1.165, 1.54) is 0 Å².